The van der Waals surface area contributed by atoms with E-state index in [0.29, 0.717) is 17.6 Å². The molecule has 1 heterocycles. The SMILES string of the molecule is C[C@@H]1CN([C@H](c2ccc(C#N)cc2)c2cccc(O[Si](C)(C)C(C)(C)C)c2)[C@@H](C)CN1. The van der Waals surface area contributed by atoms with Gasteiger partial charge in [-0.1, -0.05) is 45.0 Å². The van der Waals surface area contributed by atoms with Crippen molar-refractivity contribution in [3.63, 3.8) is 0 Å². The van der Waals surface area contributed by atoms with Crippen molar-refractivity contribution in [1.29, 1.82) is 5.26 Å². The average Bonchev–Trinajstić information content (AvgIpc) is 2.70. The minimum atomic E-state index is -1.92. The summed E-state index contributed by atoms with van der Waals surface area (Å²) in [4.78, 5) is 2.58. The van der Waals surface area contributed by atoms with Gasteiger partial charge in [-0.2, -0.15) is 5.26 Å². The van der Waals surface area contributed by atoms with E-state index in [-0.39, 0.29) is 11.1 Å². The Kier molecular flexibility index (Phi) is 6.95. The van der Waals surface area contributed by atoms with E-state index in [1.165, 1.54) is 11.1 Å². The molecule has 3 atom stereocenters. The molecule has 2 aromatic carbocycles. The summed E-state index contributed by atoms with van der Waals surface area (Å²) >= 11 is 0. The van der Waals surface area contributed by atoms with Crippen molar-refractivity contribution < 1.29 is 4.43 Å². The standard InChI is InChI=1S/C26H37N3OSi/c1-19-18-29(20(2)17-28-19)25(22-13-11-21(16-27)12-14-22)23-9-8-10-24(15-23)30-31(6,7)26(3,4)5/h8-15,19-20,25,28H,17-18H2,1-7H3/t19-,20+,25-/m1/s1. The van der Waals surface area contributed by atoms with Crippen LogP contribution in [0.4, 0.5) is 0 Å². The Morgan fingerprint density at radius 3 is 2.39 bits per heavy atom. The highest BCUT2D eigenvalue weighted by Crippen LogP contribution is 2.39. The maximum absolute atomic E-state index is 9.24. The fraction of sp³-hybridized carbons (Fsp3) is 0.500. The predicted octanol–water partition coefficient (Wildman–Crippen LogP) is 5.71. The summed E-state index contributed by atoms with van der Waals surface area (Å²) in [5.41, 5.74) is 3.14. The number of hydrogen-bond donors (Lipinski definition) is 1. The van der Waals surface area contributed by atoms with Crippen molar-refractivity contribution in [3.8, 4) is 11.8 Å². The third-order valence-electron chi connectivity index (χ3n) is 6.85. The fourth-order valence-corrected chi connectivity index (χ4v) is 4.94. The van der Waals surface area contributed by atoms with Gasteiger partial charge in [0, 0.05) is 25.2 Å². The highest BCUT2D eigenvalue weighted by Gasteiger charge is 2.39. The zero-order valence-electron chi connectivity index (χ0n) is 20.1. The van der Waals surface area contributed by atoms with Crippen molar-refractivity contribution >= 4 is 8.32 Å². The van der Waals surface area contributed by atoms with Gasteiger partial charge in [-0.3, -0.25) is 4.90 Å². The van der Waals surface area contributed by atoms with Gasteiger partial charge in [-0.15, -0.1) is 0 Å². The van der Waals surface area contributed by atoms with Crippen LogP contribution in [0.2, 0.25) is 18.1 Å². The summed E-state index contributed by atoms with van der Waals surface area (Å²) in [6, 6.07) is 19.9. The molecule has 1 fully saturated rings. The van der Waals surface area contributed by atoms with Crippen molar-refractivity contribution in [3.05, 3.63) is 65.2 Å². The van der Waals surface area contributed by atoms with E-state index in [0.717, 1.165) is 18.8 Å². The lowest BCUT2D eigenvalue weighted by atomic mass is 9.93. The topological polar surface area (TPSA) is 48.3 Å². The zero-order valence-corrected chi connectivity index (χ0v) is 21.1. The first-order valence-corrected chi connectivity index (χ1v) is 14.2. The van der Waals surface area contributed by atoms with Crippen LogP contribution in [0.25, 0.3) is 0 Å². The van der Waals surface area contributed by atoms with E-state index in [4.69, 9.17) is 4.43 Å². The molecule has 0 radical (unpaired) electrons. The summed E-state index contributed by atoms with van der Waals surface area (Å²) in [5.74, 6) is 0.957. The van der Waals surface area contributed by atoms with Crippen molar-refractivity contribution in [2.45, 2.75) is 70.9 Å². The Hall–Kier alpha value is -2.13. The molecule has 31 heavy (non-hydrogen) atoms. The summed E-state index contributed by atoms with van der Waals surface area (Å²) in [6.45, 7) is 17.9. The lowest BCUT2D eigenvalue weighted by Gasteiger charge is -2.43. The second-order valence-electron chi connectivity index (χ2n) is 10.4. The van der Waals surface area contributed by atoms with E-state index in [2.05, 4.69) is 100 Å². The van der Waals surface area contributed by atoms with Gasteiger partial charge < -0.3 is 9.74 Å². The van der Waals surface area contributed by atoms with E-state index in [1.807, 2.05) is 12.1 Å². The highest BCUT2D eigenvalue weighted by molar-refractivity contribution is 6.74. The first kappa shape index (κ1) is 23.5. The summed E-state index contributed by atoms with van der Waals surface area (Å²) in [6.07, 6.45) is 0. The molecule has 1 saturated heterocycles. The van der Waals surface area contributed by atoms with Crippen molar-refractivity contribution in [1.82, 2.24) is 10.2 Å². The Morgan fingerprint density at radius 2 is 1.77 bits per heavy atom. The van der Waals surface area contributed by atoms with E-state index < -0.39 is 8.32 Å². The van der Waals surface area contributed by atoms with Gasteiger partial charge >= 0.3 is 0 Å². The third kappa shape index (κ3) is 5.38. The molecule has 0 bridgehead atoms. The minimum absolute atomic E-state index is 0.121. The summed E-state index contributed by atoms with van der Waals surface area (Å²) in [7, 11) is -1.92. The molecular formula is C26H37N3OSi. The molecule has 1 aliphatic rings. The molecule has 4 nitrogen and oxygen atoms in total. The molecule has 3 rings (SSSR count). The van der Waals surface area contributed by atoms with Crippen LogP contribution in [0.1, 0.15) is 57.4 Å². The number of benzene rings is 2. The van der Waals surface area contributed by atoms with Gasteiger partial charge in [0.15, 0.2) is 0 Å². The minimum Gasteiger partial charge on any atom is -0.543 e. The molecule has 0 aliphatic carbocycles. The second kappa shape index (κ2) is 9.16. The number of rotatable bonds is 5. The van der Waals surface area contributed by atoms with E-state index in [9.17, 15) is 5.26 Å². The van der Waals surface area contributed by atoms with Crippen LogP contribution in [0.3, 0.4) is 0 Å². The molecule has 0 amide bonds. The lowest BCUT2D eigenvalue weighted by molar-refractivity contribution is 0.113. The molecule has 0 saturated carbocycles. The molecule has 166 valence electrons. The number of nitrogens with one attached hydrogen (secondary N) is 1. The zero-order chi connectivity index (χ0) is 22.8. The Labute approximate surface area is 189 Å². The molecule has 2 aromatic rings. The van der Waals surface area contributed by atoms with Crippen LogP contribution < -0.4 is 9.74 Å². The maximum Gasteiger partial charge on any atom is 0.250 e. The van der Waals surface area contributed by atoms with Crippen LogP contribution in [0.15, 0.2) is 48.5 Å². The third-order valence-corrected chi connectivity index (χ3v) is 11.2. The van der Waals surface area contributed by atoms with Crippen LogP contribution in [-0.4, -0.2) is 38.4 Å². The molecule has 0 unspecified atom stereocenters. The van der Waals surface area contributed by atoms with Gasteiger partial charge in [0.1, 0.15) is 5.75 Å². The molecule has 1 aliphatic heterocycles. The lowest BCUT2D eigenvalue weighted by Crippen LogP contribution is -2.55. The van der Waals surface area contributed by atoms with Crippen molar-refractivity contribution in [2.24, 2.45) is 0 Å². The molecule has 0 spiro atoms. The summed E-state index contributed by atoms with van der Waals surface area (Å²) in [5, 5.41) is 13.0. The average molecular weight is 436 g/mol. The molecule has 1 N–H and O–H groups in total. The first-order valence-electron chi connectivity index (χ1n) is 11.3. The predicted molar refractivity (Wildman–Crippen MR) is 131 cm³/mol. The smallest absolute Gasteiger partial charge is 0.250 e. The van der Waals surface area contributed by atoms with Crippen LogP contribution >= 0.6 is 0 Å². The Morgan fingerprint density at radius 1 is 1.10 bits per heavy atom. The number of hydrogen-bond acceptors (Lipinski definition) is 4. The van der Waals surface area contributed by atoms with Gasteiger partial charge in [0.05, 0.1) is 17.7 Å². The summed E-state index contributed by atoms with van der Waals surface area (Å²) < 4.78 is 6.63. The van der Waals surface area contributed by atoms with Crippen LogP contribution in [0.5, 0.6) is 5.75 Å². The number of nitriles is 1. The largest absolute Gasteiger partial charge is 0.543 e. The highest BCUT2D eigenvalue weighted by atomic mass is 28.4. The first-order chi connectivity index (χ1) is 14.5. The monoisotopic (exact) mass is 435 g/mol. The second-order valence-corrected chi connectivity index (χ2v) is 15.2. The molecule has 5 heteroatoms. The number of piperazine rings is 1. The van der Waals surface area contributed by atoms with Gasteiger partial charge in [-0.05, 0) is 67.4 Å². The van der Waals surface area contributed by atoms with Gasteiger partial charge in [0.2, 0.25) is 8.32 Å². The van der Waals surface area contributed by atoms with Gasteiger partial charge in [0.25, 0.3) is 0 Å². The van der Waals surface area contributed by atoms with Gasteiger partial charge in [-0.25, -0.2) is 0 Å². The van der Waals surface area contributed by atoms with E-state index in [1.54, 1.807) is 0 Å². The maximum atomic E-state index is 9.24. The van der Waals surface area contributed by atoms with Crippen LogP contribution in [-0.2, 0) is 0 Å². The molecular weight excluding hydrogens is 398 g/mol. The normalized spacial score (nSPS) is 21.4. The molecule has 0 aromatic heterocycles. The quantitative estimate of drug-likeness (QED) is 0.611. The number of nitrogens with zero attached hydrogens (tertiary/aromatic N) is 2. The fourth-order valence-electron chi connectivity index (χ4n) is 3.92. The van der Waals surface area contributed by atoms with E-state index >= 15 is 0 Å². The Bertz CT molecular complexity index is 927. The van der Waals surface area contributed by atoms with Crippen LogP contribution in [0, 0.1) is 11.3 Å². The Balaban J connectivity index is 2.02. The van der Waals surface area contributed by atoms with Crippen molar-refractivity contribution in [2.75, 3.05) is 13.1 Å².